The third kappa shape index (κ3) is 14.7. The first-order valence-electron chi connectivity index (χ1n) is 10.7. The molecule has 32 heavy (non-hydrogen) atoms. The molecular weight excluding hydrogens is 523 g/mol. The maximum Gasteiger partial charge on any atom is 0.407 e. The van der Waals surface area contributed by atoms with Gasteiger partial charge in [-0.15, -0.1) is 24.0 Å². The topological polar surface area (TPSA) is 116 Å². The van der Waals surface area contributed by atoms with E-state index in [4.69, 9.17) is 4.74 Å². The van der Waals surface area contributed by atoms with E-state index in [1.54, 1.807) is 0 Å². The SMILES string of the molecule is CCNC(=NCc1ccc(NC(=O)NC(C)C)cc1)NCCCNC(=O)OC(C)(C)C.I. The summed E-state index contributed by atoms with van der Waals surface area (Å²) in [6.45, 7) is 13.8. The highest BCUT2D eigenvalue weighted by atomic mass is 127. The van der Waals surface area contributed by atoms with Gasteiger partial charge in [-0.3, -0.25) is 0 Å². The highest BCUT2D eigenvalue weighted by Gasteiger charge is 2.15. The number of halogens is 1. The number of nitrogens with zero attached hydrogens (tertiary/aromatic N) is 1. The smallest absolute Gasteiger partial charge is 0.407 e. The number of benzene rings is 1. The molecule has 5 N–H and O–H groups in total. The standard InChI is InChI=1S/C22H38N6O3.HI/c1-7-23-19(24-13-8-14-25-21(30)31-22(4,5)6)26-15-17-9-11-18(12-10-17)28-20(29)27-16(2)3;/h9-12,16H,7-8,13-15H2,1-6H3,(H,25,30)(H2,23,24,26)(H2,27,28,29);1H. The van der Waals surface area contributed by atoms with Gasteiger partial charge in [-0.25, -0.2) is 14.6 Å². The molecule has 0 heterocycles. The molecule has 0 saturated carbocycles. The molecule has 1 aromatic rings. The van der Waals surface area contributed by atoms with Crippen molar-refractivity contribution >= 4 is 47.7 Å². The number of ether oxygens (including phenoxy) is 1. The van der Waals surface area contributed by atoms with Crippen molar-refractivity contribution in [1.29, 1.82) is 0 Å². The first-order chi connectivity index (χ1) is 14.6. The molecule has 0 aliphatic heterocycles. The van der Waals surface area contributed by atoms with Crippen LogP contribution >= 0.6 is 24.0 Å². The lowest BCUT2D eigenvalue weighted by atomic mass is 10.2. The number of aliphatic imine (C=N–C) groups is 1. The van der Waals surface area contributed by atoms with Gasteiger partial charge in [-0.1, -0.05) is 12.1 Å². The summed E-state index contributed by atoms with van der Waals surface area (Å²) in [7, 11) is 0. The van der Waals surface area contributed by atoms with Crippen molar-refractivity contribution in [1.82, 2.24) is 21.3 Å². The van der Waals surface area contributed by atoms with Gasteiger partial charge in [0.15, 0.2) is 5.96 Å². The highest BCUT2D eigenvalue weighted by molar-refractivity contribution is 14.0. The lowest BCUT2D eigenvalue weighted by Gasteiger charge is -2.19. The van der Waals surface area contributed by atoms with Crippen LogP contribution < -0.4 is 26.6 Å². The molecule has 0 fully saturated rings. The number of urea groups is 1. The van der Waals surface area contributed by atoms with Crippen LogP contribution in [0.25, 0.3) is 0 Å². The van der Waals surface area contributed by atoms with Crippen LogP contribution in [0.5, 0.6) is 0 Å². The predicted octanol–water partition coefficient (Wildman–Crippen LogP) is 3.80. The van der Waals surface area contributed by atoms with Crippen molar-refractivity contribution in [2.24, 2.45) is 4.99 Å². The Bertz CT molecular complexity index is 717. The Kier molecular flexibility index (Phi) is 14.5. The number of hydrogen-bond acceptors (Lipinski definition) is 4. The lowest BCUT2D eigenvalue weighted by Crippen LogP contribution is -2.39. The summed E-state index contributed by atoms with van der Waals surface area (Å²) in [6, 6.07) is 7.44. The van der Waals surface area contributed by atoms with Crippen molar-refractivity contribution in [2.45, 2.75) is 66.2 Å². The number of amides is 3. The molecule has 1 aromatic carbocycles. The number of nitrogens with one attached hydrogen (secondary N) is 5. The highest BCUT2D eigenvalue weighted by Crippen LogP contribution is 2.10. The molecule has 0 radical (unpaired) electrons. The third-order valence-corrected chi connectivity index (χ3v) is 3.71. The van der Waals surface area contributed by atoms with Crippen molar-refractivity contribution in [3.05, 3.63) is 29.8 Å². The van der Waals surface area contributed by atoms with Gasteiger partial charge in [0.25, 0.3) is 0 Å². The van der Waals surface area contributed by atoms with E-state index < -0.39 is 11.7 Å². The second-order valence-corrected chi connectivity index (χ2v) is 8.35. The molecule has 0 saturated heterocycles. The van der Waals surface area contributed by atoms with Crippen LogP contribution in [0.2, 0.25) is 0 Å². The van der Waals surface area contributed by atoms with Crippen molar-refractivity contribution in [3.63, 3.8) is 0 Å². The van der Waals surface area contributed by atoms with Crippen molar-refractivity contribution < 1.29 is 14.3 Å². The van der Waals surface area contributed by atoms with Crippen molar-refractivity contribution in [3.8, 4) is 0 Å². The summed E-state index contributed by atoms with van der Waals surface area (Å²) in [5, 5.41) is 14.8. The van der Waals surface area contributed by atoms with E-state index in [9.17, 15) is 9.59 Å². The van der Waals surface area contributed by atoms with Gasteiger partial charge in [0.1, 0.15) is 5.60 Å². The van der Waals surface area contributed by atoms with E-state index in [0.717, 1.165) is 24.2 Å². The largest absolute Gasteiger partial charge is 0.444 e. The van der Waals surface area contributed by atoms with E-state index in [2.05, 4.69) is 31.6 Å². The van der Waals surface area contributed by atoms with Crippen LogP contribution in [0.3, 0.4) is 0 Å². The van der Waals surface area contributed by atoms with E-state index >= 15 is 0 Å². The molecule has 3 amide bonds. The zero-order chi connectivity index (χ0) is 23.3. The average Bonchev–Trinajstić information content (AvgIpc) is 2.64. The van der Waals surface area contributed by atoms with Gasteiger partial charge >= 0.3 is 12.1 Å². The summed E-state index contributed by atoms with van der Waals surface area (Å²) in [5.74, 6) is 0.707. The predicted molar refractivity (Wildman–Crippen MR) is 141 cm³/mol. The number of guanidine groups is 1. The maximum atomic E-state index is 11.7. The fourth-order valence-electron chi connectivity index (χ4n) is 2.43. The zero-order valence-corrected chi connectivity index (χ0v) is 22.3. The van der Waals surface area contributed by atoms with E-state index in [0.29, 0.717) is 25.6 Å². The molecule has 0 bridgehead atoms. The lowest BCUT2D eigenvalue weighted by molar-refractivity contribution is 0.0527. The average molecular weight is 562 g/mol. The van der Waals surface area contributed by atoms with Gasteiger partial charge in [0, 0.05) is 31.4 Å². The van der Waals surface area contributed by atoms with E-state index in [-0.39, 0.29) is 36.0 Å². The molecule has 1 rings (SSSR count). The van der Waals surface area contributed by atoms with Crippen LogP contribution in [0.4, 0.5) is 15.3 Å². The minimum atomic E-state index is -0.498. The summed E-state index contributed by atoms with van der Waals surface area (Å²) >= 11 is 0. The third-order valence-electron chi connectivity index (χ3n) is 3.71. The molecule has 0 aliphatic rings. The van der Waals surface area contributed by atoms with Gasteiger partial charge in [0.05, 0.1) is 6.54 Å². The van der Waals surface area contributed by atoms with Gasteiger partial charge in [-0.05, 0) is 65.7 Å². The molecule has 10 heteroatoms. The molecule has 9 nitrogen and oxygen atoms in total. The fourth-order valence-corrected chi connectivity index (χ4v) is 2.43. The van der Waals surface area contributed by atoms with Crippen LogP contribution in [0.15, 0.2) is 29.3 Å². The number of alkyl carbamates (subject to hydrolysis) is 1. The quantitative estimate of drug-likeness (QED) is 0.136. The number of anilines is 1. The maximum absolute atomic E-state index is 11.7. The van der Waals surface area contributed by atoms with Crippen LogP contribution in [-0.2, 0) is 11.3 Å². The minimum Gasteiger partial charge on any atom is -0.444 e. The summed E-state index contributed by atoms with van der Waals surface area (Å²) in [4.78, 5) is 28.0. The summed E-state index contributed by atoms with van der Waals surface area (Å²) in [6.07, 6.45) is 0.329. The van der Waals surface area contributed by atoms with Gasteiger partial charge in [0.2, 0.25) is 0 Å². The molecule has 0 spiro atoms. The molecule has 0 atom stereocenters. The van der Waals surface area contributed by atoms with E-state index in [1.807, 2.05) is 65.8 Å². The second-order valence-electron chi connectivity index (χ2n) is 8.35. The number of carbonyl (C=O) groups excluding carboxylic acids is 2. The summed E-state index contributed by atoms with van der Waals surface area (Å²) < 4.78 is 5.20. The fraction of sp³-hybridized carbons (Fsp3) is 0.591. The van der Waals surface area contributed by atoms with Gasteiger partial charge < -0.3 is 31.3 Å². The zero-order valence-electron chi connectivity index (χ0n) is 20.0. The van der Waals surface area contributed by atoms with E-state index in [1.165, 1.54) is 0 Å². The molecular formula is C22H39IN6O3. The Balaban J connectivity index is 0.00000961. The number of carbonyl (C=O) groups is 2. The van der Waals surface area contributed by atoms with Gasteiger partial charge in [-0.2, -0.15) is 0 Å². The number of hydrogen-bond donors (Lipinski definition) is 5. The van der Waals surface area contributed by atoms with Crippen LogP contribution in [0.1, 0.15) is 53.5 Å². The Morgan fingerprint density at radius 3 is 2.22 bits per heavy atom. The Hall–Kier alpha value is -2.24. The van der Waals surface area contributed by atoms with Crippen molar-refractivity contribution in [2.75, 3.05) is 25.0 Å². The second kappa shape index (κ2) is 15.5. The van der Waals surface area contributed by atoms with Crippen LogP contribution in [0, 0.1) is 0 Å². The number of rotatable bonds is 9. The summed E-state index contributed by atoms with van der Waals surface area (Å²) in [5.41, 5.74) is 1.26. The Labute approximate surface area is 208 Å². The minimum absolute atomic E-state index is 0. The monoisotopic (exact) mass is 562 g/mol. The van der Waals surface area contributed by atoms with Crippen LogP contribution in [-0.4, -0.2) is 49.4 Å². The molecule has 0 aromatic heterocycles. The molecule has 182 valence electrons. The Morgan fingerprint density at radius 2 is 1.66 bits per heavy atom. The Morgan fingerprint density at radius 1 is 1.03 bits per heavy atom. The first-order valence-corrected chi connectivity index (χ1v) is 10.7. The molecule has 0 aliphatic carbocycles. The normalized spacial score (nSPS) is 11.3. The molecule has 0 unspecified atom stereocenters. The first kappa shape index (κ1) is 29.8.